The number of benzene rings is 2. The number of ether oxygens (including phenoxy) is 2. The topological polar surface area (TPSA) is 93.7 Å². The van der Waals surface area contributed by atoms with Crippen molar-refractivity contribution in [2.75, 3.05) is 20.8 Å². The molecule has 0 saturated carbocycles. The molecule has 0 saturated heterocycles. The van der Waals surface area contributed by atoms with Gasteiger partial charge in [0, 0.05) is 12.6 Å². The minimum atomic E-state index is -3.95. The molecule has 2 N–H and O–H groups in total. The summed E-state index contributed by atoms with van der Waals surface area (Å²) in [5.41, 5.74) is 0.694. The standard InChI is InChI=1S/C17H19FN2O5S/c1-24-14-7-8-16(15(9-14)25-2)26(22,23)20-11-17(21)19-10-12-3-5-13(18)6-4-12/h3-9,20H,10-11H2,1-2H3,(H,19,21). The third kappa shape index (κ3) is 5.17. The Balaban J connectivity index is 1.96. The third-order valence-corrected chi connectivity index (χ3v) is 4.93. The van der Waals surface area contributed by atoms with E-state index < -0.39 is 22.5 Å². The van der Waals surface area contributed by atoms with E-state index in [1.54, 1.807) is 0 Å². The molecule has 2 aromatic carbocycles. The van der Waals surface area contributed by atoms with E-state index in [4.69, 9.17) is 9.47 Å². The van der Waals surface area contributed by atoms with Gasteiger partial charge in [0.1, 0.15) is 22.2 Å². The highest BCUT2D eigenvalue weighted by Gasteiger charge is 2.21. The van der Waals surface area contributed by atoms with Gasteiger partial charge in [-0.15, -0.1) is 0 Å². The molecule has 0 unspecified atom stereocenters. The maximum atomic E-state index is 12.8. The Morgan fingerprint density at radius 3 is 2.38 bits per heavy atom. The lowest BCUT2D eigenvalue weighted by atomic mass is 10.2. The predicted octanol–water partition coefficient (Wildman–Crippen LogP) is 1.44. The zero-order valence-electron chi connectivity index (χ0n) is 14.3. The molecule has 0 bridgehead atoms. The van der Waals surface area contributed by atoms with E-state index in [0.717, 1.165) is 0 Å². The monoisotopic (exact) mass is 382 g/mol. The maximum absolute atomic E-state index is 12.8. The van der Waals surface area contributed by atoms with Crippen LogP contribution in [-0.2, 0) is 21.4 Å². The molecule has 2 aromatic rings. The molecule has 0 aliphatic heterocycles. The number of hydrogen-bond acceptors (Lipinski definition) is 5. The molecule has 26 heavy (non-hydrogen) atoms. The van der Waals surface area contributed by atoms with E-state index >= 15 is 0 Å². The van der Waals surface area contributed by atoms with Crippen LogP contribution in [0.2, 0.25) is 0 Å². The zero-order chi connectivity index (χ0) is 19.2. The molecule has 0 atom stereocenters. The second kappa shape index (κ2) is 8.63. The first-order valence-electron chi connectivity index (χ1n) is 7.58. The number of nitrogens with one attached hydrogen (secondary N) is 2. The van der Waals surface area contributed by atoms with Crippen molar-refractivity contribution in [1.29, 1.82) is 0 Å². The molecule has 0 aromatic heterocycles. The van der Waals surface area contributed by atoms with E-state index in [1.165, 1.54) is 56.7 Å². The number of rotatable bonds is 8. The number of sulfonamides is 1. The Labute approximate surface area is 151 Å². The first-order chi connectivity index (χ1) is 12.4. The normalized spacial score (nSPS) is 11.0. The van der Waals surface area contributed by atoms with Crippen molar-refractivity contribution in [2.45, 2.75) is 11.4 Å². The molecular formula is C17H19FN2O5S. The molecule has 2 rings (SSSR count). The van der Waals surface area contributed by atoms with Gasteiger partial charge < -0.3 is 14.8 Å². The van der Waals surface area contributed by atoms with Gasteiger partial charge in [-0.2, -0.15) is 0 Å². The summed E-state index contributed by atoms with van der Waals surface area (Å²) in [6.45, 7) is -0.286. The summed E-state index contributed by atoms with van der Waals surface area (Å²) in [5, 5.41) is 2.55. The van der Waals surface area contributed by atoms with Crippen LogP contribution in [-0.4, -0.2) is 35.1 Å². The van der Waals surface area contributed by atoms with Crippen molar-refractivity contribution < 1.29 is 27.1 Å². The molecule has 0 heterocycles. The van der Waals surface area contributed by atoms with E-state index in [0.29, 0.717) is 11.3 Å². The van der Waals surface area contributed by atoms with Crippen molar-refractivity contribution in [3.63, 3.8) is 0 Å². The number of carbonyl (C=O) groups is 1. The third-order valence-electron chi connectivity index (χ3n) is 3.49. The summed E-state index contributed by atoms with van der Waals surface area (Å²) in [7, 11) is -1.17. The summed E-state index contributed by atoms with van der Waals surface area (Å²) >= 11 is 0. The second-order valence-electron chi connectivity index (χ2n) is 5.24. The Morgan fingerprint density at radius 2 is 1.77 bits per heavy atom. The minimum Gasteiger partial charge on any atom is -0.497 e. The predicted molar refractivity (Wildman–Crippen MR) is 93.0 cm³/mol. The summed E-state index contributed by atoms with van der Waals surface area (Å²) in [6.07, 6.45) is 0. The van der Waals surface area contributed by atoms with Crippen molar-refractivity contribution in [2.24, 2.45) is 0 Å². The van der Waals surface area contributed by atoms with E-state index in [-0.39, 0.29) is 23.0 Å². The molecular weight excluding hydrogens is 363 g/mol. The van der Waals surface area contributed by atoms with E-state index in [2.05, 4.69) is 10.0 Å². The quantitative estimate of drug-likeness (QED) is 0.721. The van der Waals surface area contributed by atoms with Crippen molar-refractivity contribution >= 4 is 15.9 Å². The highest BCUT2D eigenvalue weighted by molar-refractivity contribution is 7.89. The number of amides is 1. The lowest BCUT2D eigenvalue weighted by Crippen LogP contribution is -2.36. The summed E-state index contributed by atoms with van der Waals surface area (Å²) in [5.74, 6) is -0.354. The summed E-state index contributed by atoms with van der Waals surface area (Å²) < 4.78 is 49.9. The fraction of sp³-hybridized carbons (Fsp3) is 0.235. The molecule has 7 nitrogen and oxygen atoms in total. The number of methoxy groups -OCH3 is 2. The fourth-order valence-corrected chi connectivity index (χ4v) is 3.23. The molecule has 0 aliphatic carbocycles. The van der Waals surface area contributed by atoms with E-state index in [1.807, 2.05) is 0 Å². The van der Waals surface area contributed by atoms with Gasteiger partial charge in [0.05, 0.1) is 20.8 Å². The van der Waals surface area contributed by atoms with Gasteiger partial charge in [0.25, 0.3) is 0 Å². The minimum absolute atomic E-state index is 0.101. The zero-order valence-corrected chi connectivity index (χ0v) is 15.1. The van der Waals surface area contributed by atoms with E-state index in [9.17, 15) is 17.6 Å². The van der Waals surface area contributed by atoms with Crippen molar-refractivity contribution in [3.05, 3.63) is 53.8 Å². The lowest BCUT2D eigenvalue weighted by molar-refractivity contribution is -0.120. The second-order valence-corrected chi connectivity index (χ2v) is 6.98. The van der Waals surface area contributed by atoms with Crippen LogP contribution in [0.15, 0.2) is 47.4 Å². The van der Waals surface area contributed by atoms with Crippen molar-refractivity contribution in [1.82, 2.24) is 10.0 Å². The molecule has 0 spiro atoms. The van der Waals surface area contributed by atoms with Crippen LogP contribution in [0.4, 0.5) is 4.39 Å². The summed E-state index contributed by atoms with van der Waals surface area (Å²) in [4.78, 5) is 11.7. The smallest absolute Gasteiger partial charge is 0.244 e. The van der Waals surface area contributed by atoms with Crippen LogP contribution in [0.3, 0.4) is 0 Å². The molecule has 140 valence electrons. The van der Waals surface area contributed by atoms with Gasteiger partial charge in [-0.25, -0.2) is 17.5 Å². The highest BCUT2D eigenvalue weighted by atomic mass is 32.2. The largest absolute Gasteiger partial charge is 0.497 e. The maximum Gasteiger partial charge on any atom is 0.244 e. The number of hydrogen-bond donors (Lipinski definition) is 2. The molecule has 1 amide bonds. The Bertz CT molecular complexity index is 869. The van der Waals surface area contributed by atoms with Gasteiger partial charge >= 0.3 is 0 Å². The molecule has 0 aliphatic rings. The fourth-order valence-electron chi connectivity index (χ4n) is 2.10. The average Bonchev–Trinajstić information content (AvgIpc) is 2.65. The highest BCUT2D eigenvalue weighted by Crippen LogP contribution is 2.28. The number of halogens is 1. The Hall–Kier alpha value is -2.65. The van der Waals surface area contributed by atoms with Crippen LogP contribution in [0, 0.1) is 5.82 Å². The Kier molecular flexibility index (Phi) is 6.53. The first kappa shape index (κ1) is 19.7. The molecule has 0 fully saturated rings. The van der Waals surface area contributed by atoms with Crippen LogP contribution in [0.25, 0.3) is 0 Å². The summed E-state index contributed by atoms with van der Waals surface area (Å²) in [6, 6.07) is 9.86. The van der Waals surface area contributed by atoms with Gasteiger partial charge in [-0.1, -0.05) is 12.1 Å². The SMILES string of the molecule is COc1ccc(S(=O)(=O)NCC(=O)NCc2ccc(F)cc2)c(OC)c1. The Morgan fingerprint density at radius 1 is 1.08 bits per heavy atom. The van der Waals surface area contributed by atoms with Gasteiger partial charge in [0.2, 0.25) is 15.9 Å². The van der Waals surface area contributed by atoms with Crippen LogP contribution < -0.4 is 19.5 Å². The van der Waals surface area contributed by atoms with Gasteiger partial charge in [0.15, 0.2) is 0 Å². The molecule has 0 radical (unpaired) electrons. The lowest BCUT2D eigenvalue weighted by Gasteiger charge is -2.12. The van der Waals surface area contributed by atoms with Crippen molar-refractivity contribution in [3.8, 4) is 11.5 Å². The first-order valence-corrected chi connectivity index (χ1v) is 9.07. The van der Waals surface area contributed by atoms with Crippen LogP contribution >= 0.6 is 0 Å². The molecule has 9 heteroatoms. The van der Waals surface area contributed by atoms with Gasteiger partial charge in [-0.05, 0) is 29.8 Å². The van der Waals surface area contributed by atoms with Gasteiger partial charge in [-0.3, -0.25) is 4.79 Å². The average molecular weight is 382 g/mol. The van der Waals surface area contributed by atoms with Crippen LogP contribution in [0.1, 0.15) is 5.56 Å². The number of carbonyl (C=O) groups excluding carboxylic acids is 1. The van der Waals surface area contributed by atoms with Crippen LogP contribution in [0.5, 0.6) is 11.5 Å².